The summed E-state index contributed by atoms with van der Waals surface area (Å²) in [6.07, 6.45) is 0.0989. The summed E-state index contributed by atoms with van der Waals surface area (Å²) in [5, 5.41) is 13.2. The molecule has 1 N–H and O–H groups in total. The number of carbonyl (C=O) groups excluding carboxylic acids is 1. The van der Waals surface area contributed by atoms with E-state index in [4.69, 9.17) is 5.11 Å². The van der Waals surface area contributed by atoms with Crippen LogP contribution >= 0.6 is 0 Å². The molecule has 2 heterocycles. The van der Waals surface area contributed by atoms with Crippen LogP contribution in [0.5, 0.6) is 0 Å². The third kappa shape index (κ3) is 1.83. The fourth-order valence-corrected chi connectivity index (χ4v) is 2.05. The molecule has 0 aliphatic carbocycles. The number of nitrogens with zero attached hydrogens (tertiary/aromatic N) is 3. The molecule has 1 aliphatic rings. The summed E-state index contributed by atoms with van der Waals surface area (Å²) in [6, 6.07) is 0. The fraction of sp³-hybridized carbons (Fsp3) is 0.500. The number of aromatic carboxylic acids is 1. The van der Waals surface area contributed by atoms with Crippen molar-refractivity contribution in [2.75, 3.05) is 13.7 Å². The highest BCUT2D eigenvalue weighted by Gasteiger charge is 2.29. The molecule has 0 fully saturated rings. The highest BCUT2D eigenvalue weighted by molar-refractivity contribution is 5.88. The van der Waals surface area contributed by atoms with Crippen molar-refractivity contribution in [3.8, 4) is 0 Å². The summed E-state index contributed by atoms with van der Waals surface area (Å²) in [5.41, 5.74) is 1.47. The van der Waals surface area contributed by atoms with Crippen LogP contribution in [-0.4, -0.2) is 45.5 Å². The smallest absolute Gasteiger partial charge is 0.409 e. The Labute approximate surface area is 97.6 Å². The minimum atomic E-state index is -1.03. The van der Waals surface area contributed by atoms with E-state index in [9.17, 15) is 9.59 Å². The van der Waals surface area contributed by atoms with Crippen molar-refractivity contribution < 1.29 is 19.4 Å². The predicted octanol–water partition coefficient (Wildman–Crippen LogP) is 0.243. The van der Waals surface area contributed by atoms with Crippen LogP contribution < -0.4 is 0 Å². The molecule has 7 heteroatoms. The lowest BCUT2D eigenvalue weighted by molar-refractivity contribution is 0.0680. The second-order valence-corrected chi connectivity index (χ2v) is 3.84. The molecule has 0 spiro atoms. The second-order valence-electron chi connectivity index (χ2n) is 3.84. The number of rotatable bonds is 1. The van der Waals surface area contributed by atoms with Crippen LogP contribution in [0, 0.1) is 0 Å². The Kier molecular flexibility index (Phi) is 2.74. The first-order valence-electron chi connectivity index (χ1n) is 5.15. The average molecular weight is 239 g/mol. The Hall–Kier alpha value is -2.05. The van der Waals surface area contributed by atoms with Gasteiger partial charge in [0, 0.05) is 25.6 Å². The van der Waals surface area contributed by atoms with Gasteiger partial charge >= 0.3 is 12.1 Å². The zero-order valence-electron chi connectivity index (χ0n) is 9.63. The van der Waals surface area contributed by atoms with E-state index in [0.717, 1.165) is 5.69 Å². The molecule has 0 unspecified atom stereocenters. The molecule has 7 nitrogen and oxygen atoms in total. The molecule has 92 valence electrons. The average Bonchev–Trinajstić information content (AvgIpc) is 2.62. The number of aromatic nitrogens is 2. The van der Waals surface area contributed by atoms with Crippen molar-refractivity contribution in [3.63, 3.8) is 0 Å². The minimum Gasteiger partial charge on any atom is -0.477 e. The maximum atomic E-state index is 11.4. The van der Waals surface area contributed by atoms with Crippen LogP contribution in [0.25, 0.3) is 0 Å². The van der Waals surface area contributed by atoms with E-state index in [1.807, 2.05) is 0 Å². The Morgan fingerprint density at radius 1 is 1.47 bits per heavy atom. The van der Waals surface area contributed by atoms with Crippen LogP contribution in [0.3, 0.4) is 0 Å². The van der Waals surface area contributed by atoms with E-state index < -0.39 is 12.1 Å². The van der Waals surface area contributed by atoms with Crippen LogP contribution in [-0.2, 0) is 24.8 Å². The van der Waals surface area contributed by atoms with Gasteiger partial charge in [0.25, 0.3) is 0 Å². The van der Waals surface area contributed by atoms with Gasteiger partial charge in [-0.1, -0.05) is 0 Å². The lowest BCUT2D eigenvalue weighted by Crippen LogP contribution is -2.36. The van der Waals surface area contributed by atoms with Gasteiger partial charge in [-0.15, -0.1) is 0 Å². The third-order valence-electron chi connectivity index (χ3n) is 2.83. The van der Waals surface area contributed by atoms with Gasteiger partial charge in [-0.05, 0) is 0 Å². The number of carboxylic acids is 1. The number of aryl methyl sites for hydroxylation is 1. The zero-order valence-corrected chi connectivity index (χ0v) is 9.63. The summed E-state index contributed by atoms with van der Waals surface area (Å²) < 4.78 is 5.97. The molecule has 1 aromatic rings. The van der Waals surface area contributed by atoms with Crippen molar-refractivity contribution in [2.45, 2.75) is 13.0 Å². The number of amides is 1. The summed E-state index contributed by atoms with van der Waals surface area (Å²) in [6.45, 7) is 0.729. The number of carboxylic acid groups (broad SMARTS) is 1. The Morgan fingerprint density at radius 2 is 2.18 bits per heavy atom. The molecule has 0 radical (unpaired) electrons. The standard InChI is InChI=1S/C10H13N3O4/c1-12-8(9(14)15)6-5-13(10(16)17-2)4-3-7(6)11-12/h3-5H2,1-2H3,(H,14,15). The Balaban J connectivity index is 2.36. The van der Waals surface area contributed by atoms with Gasteiger partial charge in [0.15, 0.2) is 5.69 Å². The predicted molar refractivity (Wildman–Crippen MR) is 56.7 cm³/mol. The maximum absolute atomic E-state index is 11.4. The van der Waals surface area contributed by atoms with Crippen LogP contribution in [0.1, 0.15) is 21.7 Å². The van der Waals surface area contributed by atoms with E-state index in [1.165, 1.54) is 16.7 Å². The molecule has 1 aromatic heterocycles. The van der Waals surface area contributed by atoms with Crippen molar-refractivity contribution in [1.29, 1.82) is 0 Å². The van der Waals surface area contributed by atoms with E-state index >= 15 is 0 Å². The van der Waals surface area contributed by atoms with Gasteiger partial charge in [0.05, 0.1) is 19.3 Å². The summed E-state index contributed by atoms with van der Waals surface area (Å²) in [5.74, 6) is -1.03. The van der Waals surface area contributed by atoms with Crippen LogP contribution in [0.4, 0.5) is 4.79 Å². The third-order valence-corrected chi connectivity index (χ3v) is 2.83. The molecule has 1 aliphatic heterocycles. The van der Waals surface area contributed by atoms with Gasteiger partial charge in [0.2, 0.25) is 0 Å². The molecular formula is C10H13N3O4. The van der Waals surface area contributed by atoms with Crippen molar-refractivity contribution >= 4 is 12.1 Å². The Bertz CT molecular complexity index is 480. The maximum Gasteiger partial charge on any atom is 0.409 e. The lowest BCUT2D eigenvalue weighted by atomic mass is 10.1. The normalized spacial score (nSPS) is 14.4. The quantitative estimate of drug-likeness (QED) is 0.759. The molecule has 0 saturated heterocycles. The van der Waals surface area contributed by atoms with Gasteiger partial charge in [0.1, 0.15) is 0 Å². The van der Waals surface area contributed by atoms with Gasteiger partial charge in [-0.2, -0.15) is 5.10 Å². The summed E-state index contributed by atoms with van der Waals surface area (Å²) in [4.78, 5) is 24.0. The molecule has 0 aromatic carbocycles. The number of methoxy groups -OCH3 is 1. The lowest BCUT2D eigenvalue weighted by Gasteiger charge is -2.25. The fourth-order valence-electron chi connectivity index (χ4n) is 2.05. The number of ether oxygens (including phenoxy) is 1. The first-order valence-corrected chi connectivity index (χ1v) is 5.15. The molecule has 0 saturated carbocycles. The molecule has 1 amide bonds. The monoisotopic (exact) mass is 239 g/mol. The van der Waals surface area contributed by atoms with Gasteiger partial charge < -0.3 is 14.7 Å². The number of hydrogen-bond acceptors (Lipinski definition) is 4. The number of fused-ring (bicyclic) bond motifs is 1. The van der Waals surface area contributed by atoms with E-state index in [0.29, 0.717) is 18.5 Å². The Morgan fingerprint density at radius 3 is 2.76 bits per heavy atom. The number of carbonyl (C=O) groups is 2. The minimum absolute atomic E-state index is 0.133. The van der Waals surface area contributed by atoms with Crippen LogP contribution in [0.2, 0.25) is 0 Å². The molecule has 2 rings (SSSR count). The summed E-state index contributed by atoms with van der Waals surface area (Å²) in [7, 11) is 2.89. The molecule has 17 heavy (non-hydrogen) atoms. The first kappa shape index (κ1) is 11.4. The zero-order chi connectivity index (χ0) is 12.6. The molecule has 0 bridgehead atoms. The SMILES string of the molecule is COC(=O)N1CCc2nn(C)c(C(=O)O)c2C1. The topological polar surface area (TPSA) is 84.7 Å². The second kappa shape index (κ2) is 4.08. The van der Waals surface area contributed by atoms with Crippen molar-refractivity contribution in [3.05, 3.63) is 17.0 Å². The largest absolute Gasteiger partial charge is 0.477 e. The van der Waals surface area contributed by atoms with E-state index in [2.05, 4.69) is 9.84 Å². The van der Waals surface area contributed by atoms with Gasteiger partial charge in [-0.25, -0.2) is 9.59 Å². The number of hydrogen-bond donors (Lipinski definition) is 1. The van der Waals surface area contributed by atoms with Crippen molar-refractivity contribution in [1.82, 2.24) is 14.7 Å². The molecule has 0 atom stereocenters. The first-order chi connectivity index (χ1) is 8.04. The van der Waals surface area contributed by atoms with Crippen molar-refractivity contribution in [2.24, 2.45) is 7.05 Å². The van der Waals surface area contributed by atoms with Gasteiger partial charge in [-0.3, -0.25) is 4.68 Å². The van der Waals surface area contributed by atoms with E-state index in [-0.39, 0.29) is 12.2 Å². The van der Waals surface area contributed by atoms with E-state index in [1.54, 1.807) is 7.05 Å². The highest BCUT2D eigenvalue weighted by atomic mass is 16.5. The summed E-state index contributed by atoms with van der Waals surface area (Å²) >= 11 is 0. The molecular weight excluding hydrogens is 226 g/mol. The highest BCUT2D eigenvalue weighted by Crippen LogP contribution is 2.22. The van der Waals surface area contributed by atoms with Crippen LogP contribution in [0.15, 0.2) is 0 Å².